The van der Waals surface area contributed by atoms with E-state index in [4.69, 9.17) is 9.47 Å². The van der Waals surface area contributed by atoms with Crippen molar-refractivity contribution in [1.29, 1.82) is 0 Å². The summed E-state index contributed by atoms with van der Waals surface area (Å²) in [7, 11) is 3.47. The van der Waals surface area contributed by atoms with E-state index in [0.717, 1.165) is 42.7 Å². The maximum absolute atomic E-state index is 11.8. The predicted octanol–water partition coefficient (Wildman–Crippen LogP) is 4.08. The van der Waals surface area contributed by atoms with Crippen molar-refractivity contribution in [3.8, 4) is 11.5 Å². The van der Waals surface area contributed by atoms with Crippen molar-refractivity contribution in [1.82, 2.24) is 10.2 Å². The number of hydrogen-bond donors (Lipinski definition) is 1. The van der Waals surface area contributed by atoms with Gasteiger partial charge >= 0.3 is 6.03 Å². The second-order valence-electron chi connectivity index (χ2n) is 8.53. The van der Waals surface area contributed by atoms with Crippen LogP contribution in [0.2, 0.25) is 0 Å². The third kappa shape index (κ3) is 5.17. The van der Waals surface area contributed by atoms with Crippen molar-refractivity contribution in [2.75, 3.05) is 38.7 Å². The fraction of sp³-hybridized carbons (Fsp3) is 0.458. The molecule has 1 N–H and O–H groups in total. The number of rotatable bonds is 8. The molecule has 2 fully saturated rings. The molecule has 1 aliphatic carbocycles. The Morgan fingerprint density at radius 1 is 1.07 bits per heavy atom. The number of anilines is 1. The van der Waals surface area contributed by atoms with Gasteiger partial charge < -0.3 is 24.6 Å². The monoisotopic (exact) mass is 409 g/mol. The molecule has 1 aliphatic heterocycles. The van der Waals surface area contributed by atoms with Gasteiger partial charge in [-0.2, -0.15) is 0 Å². The predicted molar refractivity (Wildman–Crippen MR) is 118 cm³/mol. The van der Waals surface area contributed by atoms with Crippen LogP contribution in [0.25, 0.3) is 0 Å². The van der Waals surface area contributed by atoms with Crippen LogP contribution in [0.4, 0.5) is 10.5 Å². The molecule has 160 valence electrons. The summed E-state index contributed by atoms with van der Waals surface area (Å²) in [5, 5.41) is 2.95. The number of nitrogens with one attached hydrogen (secondary N) is 1. The Bertz CT molecular complexity index is 841. The van der Waals surface area contributed by atoms with Crippen molar-refractivity contribution >= 4 is 11.7 Å². The second-order valence-corrected chi connectivity index (χ2v) is 8.53. The van der Waals surface area contributed by atoms with Crippen LogP contribution in [0.1, 0.15) is 31.4 Å². The largest absolute Gasteiger partial charge is 0.493 e. The van der Waals surface area contributed by atoms with E-state index in [9.17, 15) is 4.79 Å². The molecule has 1 heterocycles. The molecule has 0 aromatic heterocycles. The lowest BCUT2D eigenvalue weighted by atomic mass is 10.1. The molecule has 4 rings (SSSR count). The molecule has 30 heavy (non-hydrogen) atoms. The van der Waals surface area contributed by atoms with Gasteiger partial charge in [0.05, 0.1) is 25.7 Å². The Balaban J connectivity index is 1.22. The van der Waals surface area contributed by atoms with Crippen LogP contribution in [-0.4, -0.2) is 50.8 Å². The Morgan fingerprint density at radius 3 is 2.30 bits per heavy atom. The van der Waals surface area contributed by atoms with E-state index in [1.165, 1.54) is 23.4 Å². The Hall–Kier alpha value is -2.89. The highest BCUT2D eigenvalue weighted by molar-refractivity contribution is 5.74. The van der Waals surface area contributed by atoms with E-state index >= 15 is 0 Å². The number of nitrogens with zero attached hydrogens (tertiary/aromatic N) is 2. The highest BCUT2D eigenvalue weighted by atomic mass is 16.5. The summed E-state index contributed by atoms with van der Waals surface area (Å²) >= 11 is 0. The smallest absolute Gasteiger partial charge is 0.317 e. The van der Waals surface area contributed by atoms with Gasteiger partial charge in [0.15, 0.2) is 0 Å². The van der Waals surface area contributed by atoms with Crippen molar-refractivity contribution in [2.24, 2.45) is 5.92 Å². The average Bonchev–Trinajstić information content (AvgIpc) is 3.54. The number of hydrogen-bond acceptors (Lipinski definition) is 4. The average molecular weight is 410 g/mol. The Morgan fingerprint density at radius 2 is 1.70 bits per heavy atom. The lowest BCUT2D eigenvalue weighted by Crippen LogP contribution is -2.54. The first-order valence-corrected chi connectivity index (χ1v) is 10.7. The van der Waals surface area contributed by atoms with Gasteiger partial charge in [0.25, 0.3) is 0 Å². The molecule has 2 amide bonds. The third-order valence-corrected chi connectivity index (χ3v) is 5.66. The number of carbonyl (C=O) groups is 1. The van der Waals surface area contributed by atoms with Gasteiger partial charge in [0.1, 0.15) is 17.6 Å². The highest BCUT2D eigenvalue weighted by Gasteiger charge is 2.29. The maximum atomic E-state index is 11.8. The minimum absolute atomic E-state index is 0.0515. The molecular weight excluding hydrogens is 378 g/mol. The Labute approximate surface area is 178 Å². The van der Waals surface area contributed by atoms with E-state index in [0.29, 0.717) is 0 Å². The van der Waals surface area contributed by atoms with Crippen molar-refractivity contribution in [2.45, 2.75) is 31.9 Å². The normalized spacial score (nSPS) is 17.1. The van der Waals surface area contributed by atoms with E-state index in [1.54, 1.807) is 14.1 Å². The van der Waals surface area contributed by atoms with Crippen molar-refractivity contribution in [3.63, 3.8) is 0 Å². The Kier molecular flexibility index (Phi) is 6.02. The van der Waals surface area contributed by atoms with Crippen LogP contribution < -0.4 is 19.7 Å². The summed E-state index contributed by atoms with van der Waals surface area (Å²) in [5.74, 6) is 2.58. The first kappa shape index (κ1) is 20.4. The summed E-state index contributed by atoms with van der Waals surface area (Å²) in [6.45, 7) is 4.57. The first-order chi connectivity index (χ1) is 14.5. The van der Waals surface area contributed by atoms with Crippen molar-refractivity contribution in [3.05, 3.63) is 54.1 Å². The fourth-order valence-electron chi connectivity index (χ4n) is 3.40. The van der Waals surface area contributed by atoms with Gasteiger partial charge in [0.2, 0.25) is 0 Å². The van der Waals surface area contributed by atoms with Crippen molar-refractivity contribution < 1.29 is 14.3 Å². The zero-order valence-corrected chi connectivity index (χ0v) is 18.0. The molecule has 6 nitrogen and oxygen atoms in total. The molecule has 0 unspecified atom stereocenters. The quantitative estimate of drug-likeness (QED) is 0.714. The lowest BCUT2D eigenvalue weighted by Gasteiger charge is -2.40. The molecule has 2 aromatic rings. The van der Waals surface area contributed by atoms with Crippen LogP contribution in [0.3, 0.4) is 0 Å². The van der Waals surface area contributed by atoms with E-state index < -0.39 is 0 Å². The maximum Gasteiger partial charge on any atom is 0.317 e. The van der Waals surface area contributed by atoms with Gasteiger partial charge in [-0.15, -0.1) is 0 Å². The lowest BCUT2D eigenvalue weighted by molar-refractivity contribution is 0.167. The SMILES string of the molecule is C[C@H](NC(=O)N(C)C)c1ccc(OC2CN(c3ccc(OCC4CC4)cc3)C2)cc1. The van der Waals surface area contributed by atoms with E-state index in [2.05, 4.69) is 34.5 Å². The molecule has 1 saturated heterocycles. The van der Waals surface area contributed by atoms with Gasteiger partial charge in [-0.3, -0.25) is 0 Å². The van der Waals surface area contributed by atoms with Crippen LogP contribution >= 0.6 is 0 Å². The fourth-order valence-corrected chi connectivity index (χ4v) is 3.40. The van der Waals surface area contributed by atoms with Gasteiger partial charge in [-0.25, -0.2) is 4.79 Å². The minimum atomic E-state index is -0.0973. The summed E-state index contributed by atoms with van der Waals surface area (Å²) in [6.07, 6.45) is 2.80. The third-order valence-electron chi connectivity index (χ3n) is 5.66. The second kappa shape index (κ2) is 8.86. The van der Waals surface area contributed by atoms with Gasteiger partial charge in [0, 0.05) is 19.8 Å². The van der Waals surface area contributed by atoms with E-state index in [1.807, 2.05) is 31.2 Å². The molecule has 0 bridgehead atoms. The number of carbonyl (C=O) groups excluding carboxylic acids is 1. The number of urea groups is 1. The molecular formula is C24H31N3O3. The number of amides is 2. The molecule has 0 spiro atoms. The van der Waals surface area contributed by atoms with Gasteiger partial charge in [-0.1, -0.05) is 12.1 Å². The van der Waals surface area contributed by atoms with Crippen LogP contribution in [-0.2, 0) is 0 Å². The van der Waals surface area contributed by atoms with Gasteiger partial charge in [-0.05, 0) is 67.6 Å². The molecule has 2 aliphatic rings. The summed E-state index contributed by atoms with van der Waals surface area (Å²) in [5.41, 5.74) is 2.26. The minimum Gasteiger partial charge on any atom is -0.493 e. The highest BCUT2D eigenvalue weighted by Crippen LogP contribution is 2.31. The first-order valence-electron chi connectivity index (χ1n) is 10.7. The molecule has 1 saturated carbocycles. The molecule has 6 heteroatoms. The van der Waals surface area contributed by atoms with E-state index in [-0.39, 0.29) is 18.2 Å². The van der Waals surface area contributed by atoms with Crippen LogP contribution in [0.15, 0.2) is 48.5 Å². The topological polar surface area (TPSA) is 54.0 Å². The van der Waals surface area contributed by atoms with Crippen LogP contribution in [0, 0.1) is 5.92 Å². The molecule has 2 aromatic carbocycles. The summed E-state index contributed by atoms with van der Waals surface area (Å²) in [4.78, 5) is 15.6. The zero-order valence-electron chi connectivity index (χ0n) is 18.0. The van der Waals surface area contributed by atoms with Crippen LogP contribution in [0.5, 0.6) is 11.5 Å². The summed E-state index contributed by atoms with van der Waals surface area (Å²) < 4.78 is 11.9. The summed E-state index contributed by atoms with van der Waals surface area (Å²) in [6, 6.07) is 16.2. The standard InChI is InChI=1S/C24H31N3O3/c1-17(25-24(28)26(2)3)19-6-10-22(11-7-19)30-23-14-27(15-23)20-8-12-21(13-9-20)29-16-18-4-5-18/h6-13,17-18,23H,4-5,14-16H2,1-3H3,(H,25,28)/t17-/m0/s1. The zero-order chi connectivity index (χ0) is 21.1. The molecule has 0 radical (unpaired) electrons. The number of ether oxygens (including phenoxy) is 2. The number of benzene rings is 2. The molecule has 1 atom stereocenters.